The van der Waals surface area contributed by atoms with Crippen LogP contribution in [0, 0.1) is 5.41 Å². The fourth-order valence-electron chi connectivity index (χ4n) is 1.66. The molecule has 0 saturated heterocycles. The number of ketones is 1. The first-order valence-corrected chi connectivity index (χ1v) is 4.10. The Bertz CT molecular complexity index is 341. The molecule has 62 valence electrons. The second-order valence-electron chi connectivity index (χ2n) is 3.90. The minimum atomic E-state index is -0.239. The molecule has 0 N–H and O–H groups in total. The van der Waals surface area contributed by atoms with Crippen molar-refractivity contribution < 1.29 is 4.79 Å². The first-order chi connectivity index (χ1) is 5.61. The van der Waals surface area contributed by atoms with Crippen LogP contribution in [-0.2, 0) is 6.42 Å². The van der Waals surface area contributed by atoms with Gasteiger partial charge in [0.2, 0.25) is 0 Å². The Morgan fingerprint density at radius 1 is 1.50 bits per heavy atom. The van der Waals surface area contributed by atoms with Crippen molar-refractivity contribution >= 4 is 5.78 Å². The summed E-state index contributed by atoms with van der Waals surface area (Å²) in [6, 6.07) is 3.86. The van der Waals surface area contributed by atoms with Crippen LogP contribution in [0.3, 0.4) is 0 Å². The zero-order valence-corrected chi connectivity index (χ0v) is 7.29. The minimum Gasteiger partial charge on any atom is -0.292 e. The van der Waals surface area contributed by atoms with Crippen molar-refractivity contribution in [3.63, 3.8) is 0 Å². The van der Waals surface area contributed by atoms with Crippen LogP contribution < -0.4 is 0 Å². The molecule has 0 aromatic carbocycles. The topological polar surface area (TPSA) is 30.0 Å². The van der Waals surface area contributed by atoms with E-state index >= 15 is 0 Å². The Balaban J connectivity index is 2.57. The highest BCUT2D eigenvalue weighted by atomic mass is 16.1. The smallest absolute Gasteiger partial charge is 0.187 e. The number of hydrogen-bond donors (Lipinski definition) is 0. The number of Topliss-reactive ketones (excluding diaryl/α,β-unsaturated/α-hetero) is 1. The third-order valence-electron chi connectivity index (χ3n) is 2.35. The summed E-state index contributed by atoms with van der Waals surface area (Å²) in [5, 5.41) is 0. The molecule has 2 nitrogen and oxygen atoms in total. The van der Waals surface area contributed by atoms with E-state index in [0.717, 1.165) is 12.0 Å². The first kappa shape index (κ1) is 7.47. The second kappa shape index (κ2) is 2.16. The number of hydrogen-bond acceptors (Lipinski definition) is 2. The molecule has 0 atom stereocenters. The molecule has 0 unspecified atom stereocenters. The molecular weight excluding hydrogens is 150 g/mol. The van der Waals surface area contributed by atoms with Gasteiger partial charge in [-0.3, -0.25) is 9.78 Å². The van der Waals surface area contributed by atoms with Gasteiger partial charge in [-0.15, -0.1) is 0 Å². The van der Waals surface area contributed by atoms with Crippen LogP contribution in [0.4, 0.5) is 0 Å². The molecule has 1 aliphatic rings. The van der Waals surface area contributed by atoms with Gasteiger partial charge in [-0.25, -0.2) is 0 Å². The number of nitrogens with zero attached hydrogens (tertiary/aromatic N) is 1. The number of aromatic nitrogens is 1. The highest BCUT2D eigenvalue weighted by Crippen LogP contribution is 2.34. The molecule has 0 bridgehead atoms. The van der Waals surface area contributed by atoms with E-state index in [-0.39, 0.29) is 11.2 Å². The summed E-state index contributed by atoms with van der Waals surface area (Å²) in [6.07, 6.45) is 2.51. The molecule has 2 rings (SSSR count). The second-order valence-corrected chi connectivity index (χ2v) is 3.90. The summed E-state index contributed by atoms with van der Waals surface area (Å²) in [5.41, 5.74) is 1.52. The number of carbonyl (C=O) groups is 1. The fraction of sp³-hybridized carbons (Fsp3) is 0.400. The molecule has 0 spiro atoms. The van der Waals surface area contributed by atoms with E-state index in [1.807, 2.05) is 26.0 Å². The average molecular weight is 161 g/mol. The molecule has 1 aliphatic carbocycles. The van der Waals surface area contributed by atoms with Gasteiger partial charge < -0.3 is 0 Å². The molecule has 0 aliphatic heterocycles. The summed E-state index contributed by atoms with van der Waals surface area (Å²) < 4.78 is 0. The van der Waals surface area contributed by atoms with Crippen molar-refractivity contribution in [3.05, 3.63) is 29.6 Å². The summed E-state index contributed by atoms with van der Waals surface area (Å²) in [5.74, 6) is 0.179. The van der Waals surface area contributed by atoms with Gasteiger partial charge in [-0.2, -0.15) is 0 Å². The van der Waals surface area contributed by atoms with Crippen molar-refractivity contribution in [1.29, 1.82) is 0 Å². The van der Waals surface area contributed by atoms with Crippen molar-refractivity contribution in [2.45, 2.75) is 20.3 Å². The third kappa shape index (κ3) is 0.876. The number of carbonyl (C=O) groups excluding carboxylic acids is 1. The SMILES string of the molecule is CC1(C)Cc2cccnc2C1=O. The van der Waals surface area contributed by atoms with E-state index in [2.05, 4.69) is 4.98 Å². The summed E-state index contributed by atoms with van der Waals surface area (Å²) in [4.78, 5) is 15.7. The van der Waals surface area contributed by atoms with Gasteiger partial charge in [0, 0.05) is 11.6 Å². The number of rotatable bonds is 0. The molecule has 0 saturated carbocycles. The molecule has 1 heterocycles. The van der Waals surface area contributed by atoms with Gasteiger partial charge in [0.15, 0.2) is 5.78 Å². The van der Waals surface area contributed by atoms with Crippen LogP contribution in [0.25, 0.3) is 0 Å². The van der Waals surface area contributed by atoms with Crippen LogP contribution in [0.2, 0.25) is 0 Å². The van der Waals surface area contributed by atoms with Crippen molar-refractivity contribution in [3.8, 4) is 0 Å². The number of pyridine rings is 1. The highest BCUT2D eigenvalue weighted by molar-refractivity contribution is 6.02. The maximum absolute atomic E-state index is 11.7. The van der Waals surface area contributed by atoms with E-state index in [1.54, 1.807) is 6.20 Å². The van der Waals surface area contributed by atoms with Gasteiger partial charge in [-0.05, 0) is 18.1 Å². The Kier molecular flexibility index (Phi) is 1.34. The largest absolute Gasteiger partial charge is 0.292 e. The lowest BCUT2D eigenvalue weighted by atomic mass is 9.89. The molecule has 0 radical (unpaired) electrons. The van der Waals surface area contributed by atoms with Crippen LogP contribution in [0.5, 0.6) is 0 Å². The van der Waals surface area contributed by atoms with Gasteiger partial charge in [0.25, 0.3) is 0 Å². The van der Waals surface area contributed by atoms with Gasteiger partial charge in [-0.1, -0.05) is 19.9 Å². The van der Waals surface area contributed by atoms with Crippen LogP contribution in [0.1, 0.15) is 29.9 Å². The number of fused-ring (bicyclic) bond motifs is 1. The fourth-order valence-corrected chi connectivity index (χ4v) is 1.66. The Hall–Kier alpha value is -1.18. The molecule has 2 heteroatoms. The molecule has 1 aromatic heterocycles. The van der Waals surface area contributed by atoms with Crippen LogP contribution in [0.15, 0.2) is 18.3 Å². The maximum Gasteiger partial charge on any atom is 0.187 e. The molecular formula is C10H11NO. The minimum absolute atomic E-state index is 0.179. The van der Waals surface area contributed by atoms with Crippen molar-refractivity contribution in [2.75, 3.05) is 0 Å². The third-order valence-corrected chi connectivity index (χ3v) is 2.35. The van der Waals surface area contributed by atoms with Crippen LogP contribution in [-0.4, -0.2) is 10.8 Å². The van der Waals surface area contributed by atoms with E-state index < -0.39 is 0 Å². The average Bonchev–Trinajstić information content (AvgIpc) is 2.24. The van der Waals surface area contributed by atoms with Gasteiger partial charge in [0.1, 0.15) is 5.69 Å². The predicted octanol–water partition coefficient (Wildman–Crippen LogP) is 1.85. The quantitative estimate of drug-likeness (QED) is 0.581. The highest BCUT2D eigenvalue weighted by Gasteiger charge is 2.38. The summed E-state index contributed by atoms with van der Waals surface area (Å²) in [7, 11) is 0. The maximum atomic E-state index is 11.7. The lowest BCUT2D eigenvalue weighted by Crippen LogP contribution is -2.19. The standard InChI is InChI=1S/C10H11NO/c1-10(2)6-7-4-3-5-11-8(7)9(10)12/h3-5H,6H2,1-2H3. The first-order valence-electron chi connectivity index (χ1n) is 4.10. The zero-order valence-electron chi connectivity index (χ0n) is 7.29. The normalized spacial score (nSPS) is 19.3. The van der Waals surface area contributed by atoms with Gasteiger partial charge >= 0.3 is 0 Å². The zero-order chi connectivity index (χ0) is 8.77. The molecule has 0 amide bonds. The lowest BCUT2D eigenvalue weighted by Gasteiger charge is -2.12. The predicted molar refractivity (Wildman–Crippen MR) is 46.1 cm³/mol. The molecule has 12 heavy (non-hydrogen) atoms. The van der Waals surface area contributed by atoms with E-state index in [0.29, 0.717) is 5.69 Å². The van der Waals surface area contributed by atoms with E-state index in [1.165, 1.54) is 0 Å². The summed E-state index contributed by atoms with van der Waals surface area (Å²) >= 11 is 0. The molecule has 0 fully saturated rings. The monoisotopic (exact) mass is 161 g/mol. The Labute approximate surface area is 71.6 Å². The summed E-state index contributed by atoms with van der Waals surface area (Å²) in [6.45, 7) is 3.94. The lowest BCUT2D eigenvalue weighted by molar-refractivity contribution is 0.0859. The van der Waals surface area contributed by atoms with E-state index in [4.69, 9.17) is 0 Å². The van der Waals surface area contributed by atoms with Crippen molar-refractivity contribution in [2.24, 2.45) is 5.41 Å². The van der Waals surface area contributed by atoms with Crippen molar-refractivity contribution in [1.82, 2.24) is 4.98 Å². The van der Waals surface area contributed by atoms with Gasteiger partial charge in [0.05, 0.1) is 0 Å². The Morgan fingerprint density at radius 3 is 2.92 bits per heavy atom. The van der Waals surface area contributed by atoms with Crippen LogP contribution >= 0.6 is 0 Å². The Morgan fingerprint density at radius 2 is 2.25 bits per heavy atom. The molecule has 1 aromatic rings. The van der Waals surface area contributed by atoms with E-state index in [9.17, 15) is 4.79 Å².